The van der Waals surface area contributed by atoms with Crippen LogP contribution in [-0.4, -0.2) is 47.9 Å². The second-order valence-electron chi connectivity index (χ2n) is 8.99. The summed E-state index contributed by atoms with van der Waals surface area (Å²) >= 11 is 0. The van der Waals surface area contributed by atoms with Gasteiger partial charge in [-0.2, -0.15) is 5.10 Å². The summed E-state index contributed by atoms with van der Waals surface area (Å²) in [6.07, 6.45) is 3.61. The molecule has 4 aromatic rings. The molecule has 0 saturated carbocycles. The molecule has 5 rings (SSSR count). The molecule has 2 heterocycles. The van der Waals surface area contributed by atoms with Gasteiger partial charge in [-0.1, -0.05) is 36.4 Å². The van der Waals surface area contributed by atoms with Crippen LogP contribution in [0.1, 0.15) is 21.5 Å². The zero-order chi connectivity index (χ0) is 25.6. The number of morpholine rings is 1. The Morgan fingerprint density at radius 2 is 1.73 bits per heavy atom. The Balaban J connectivity index is 1.23. The molecule has 0 atom stereocenters. The largest absolute Gasteiger partial charge is 0.378 e. The molecule has 1 fully saturated rings. The molecule has 8 heteroatoms. The predicted molar refractivity (Wildman–Crippen MR) is 145 cm³/mol. The first-order valence-corrected chi connectivity index (χ1v) is 12.3. The summed E-state index contributed by atoms with van der Waals surface area (Å²) in [7, 11) is 0. The van der Waals surface area contributed by atoms with E-state index < -0.39 is 0 Å². The minimum Gasteiger partial charge on any atom is -0.378 e. The number of nitrogens with one attached hydrogen (secondary N) is 2. The summed E-state index contributed by atoms with van der Waals surface area (Å²) in [6, 6.07) is 22.7. The maximum absolute atomic E-state index is 13.0. The van der Waals surface area contributed by atoms with Crippen molar-refractivity contribution in [2.45, 2.75) is 13.3 Å². The third-order valence-corrected chi connectivity index (χ3v) is 6.25. The molecule has 2 amide bonds. The Morgan fingerprint density at radius 1 is 0.919 bits per heavy atom. The third-order valence-electron chi connectivity index (χ3n) is 6.25. The molecule has 188 valence electrons. The molecule has 1 aliphatic heterocycles. The van der Waals surface area contributed by atoms with Crippen molar-refractivity contribution in [1.82, 2.24) is 9.78 Å². The summed E-state index contributed by atoms with van der Waals surface area (Å²) < 4.78 is 7.08. The van der Waals surface area contributed by atoms with E-state index in [0.29, 0.717) is 11.3 Å². The minimum atomic E-state index is -0.205. The van der Waals surface area contributed by atoms with Gasteiger partial charge in [0.25, 0.3) is 5.91 Å². The van der Waals surface area contributed by atoms with Crippen LogP contribution in [-0.2, 0) is 16.0 Å². The molecule has 0 spiro atoms. The molecular weight excluding hydrogens is 466 g/mol. The van der Waals surface area contributed by atoms with Crippen molar-refractivity contribution >= 4 is 28.9 Å². The number of ether oxygens (including phenoxy) is 1. The van der Waals surface area contributed by atoms with Crippen molar-refractivity contribution in [3.63, 3.8) is 0 Å². The lowest BCUT2D eigenvalue weighted by Crippen LogP contribution is -2.36. The molecule has 0 radical (unpaired) electrons. The van der Waals surface area contributed by atoms with Crippen molar-refractivity contribution in [3.8, 4) is 5.69 Å². The number of anilines is 3. The zero-order valence-corrected chi connectivity index (χ0v) is 20.7. The van der Waals surface area contributed by atoms with Gasteiger partial charge < -0.3 is 20.3 Å². The fraction of sp³-hybridized carbons (Fsp3) is 0.207. The van der Waals surface area contributed by atoms with Crippen molar-refractivity contribution in [3.05, 3.63) is 102 Å². The number of aryl methyl sites for hydroxylation is 1. The number of aromatic nitrogens is 2. The van der Waals surface area contributed by atoms with Gasteiger partial charge in [-0.25, -0.2) is 4.68 Å². The van der Waals surface area contributed by atoms with Crippen LogP contribution in [0.4, 0.5) is 17.1 Å². The second-order valence-corrected chi connectivity index (χ2v) is 8.99. The van der Waals surface area contributed by atoms with Crippen LogP contribution in [0.15, 0.2) is 85.2 Å². The molecular formula is C29H29N5O3. The van der Waals surface area contributed by atoms with Crippen molar-refractivity contribution in [1.29, 1.82) is 0 Å². The van der Waals surface area contributed by atoms with Gasteiger partial charge in [-0.3, -0.25) is 9.59 Å². The highest BCUT2D eigenvalue weighted by Gasteiger charge is 2.15. The van der Waals surface area contributed by atoms with E-state index in [4.69, 9.17) is 4.74 Å². The van der Waals surface area contributed by atoms with Gasteiger partial charge >= 0.3 is 0 Å². The van der Waals surface area contributed by atoms with Crippen LogP contribution in [0.25, 0.3) is 5.69 Å². The summed E-state index contributed by atoms with van der Waals surface area (Å²) in [5.41, 5.74) is 5.77. The number of hydrogen-bond donors (Lipinski definition) is 2. The number of benzene rings is 3. The number of carbonyl (C=O) groups is 2. The summed E-state index contributed by atoms with van der Waals surface area (Å²) in [6.45, 7) is 5.24. The highest BCUT2D eigenvalue weighted by atomic mass is 16.5. The van der Waals surface area contributed by atoms with E-state index in [2.05, 4.69) is 27.6 Å². The van der Waals surface area contributed by atoms with Crippen LogP contribution in [0.3, 0.4) is 0 Å². The maximum Gasteiger partial charge on any atom is 0.255 e. The lowest BCUT2D eigenvalue weighted by Gasteiger charge is -2.30. The van der Waals surface area contributed by atoms with Crippen LogP contribution in [0, 0.1) is 6.92 Å². The number of carbonyl (C=O) groups excluding carboxylic acids is 2. The Hall–Kier alpha value is -4.43. The van der Waals surface area contributed by atoms with E-state index in [1.165, 1.54) is 0 Å². The lowest BCUT2D eigenvalue weighted by atomic mass is 10.1. The highest BCUT2D eigenvalue weighted by Crippen LogP contribution is 2.25. The van der Waals surface area contributed by atoms with Gasteiger partial charge in [0.2, 0.25) is 5.91 Å². The molecule has 3 aromatic carbocycles. The lowest BCUT2D eigenvalue weighted by molar-refractivity contribution is -0.115. The molecule has 8 nitrogen and oxygen atoms in total. The molecule has 0 aliphatic carbocycles. The average molecular weight is 496 g/mol. The molecule has 1 aromatic heterocycles. The number of amides is 2. The zero-order valence-electron chi connectivity index (χ0n) is 20.7. The van der Waals surface area contributed by atoms with E-state index in [-0.39, 0.29) is 18.2 Å². The van der Waals surface area contributed by atoms with Gasteiger partial charge in [0.1, 0.15) is 0 Å². The van der Waals surface area contributed by atoms with E-state index in [9.17, 15) is 9.59 Å². The van der Waals surface area contributed by atoms with Gasteiger partial charge in [-0.15, -0.1) is 0 Å². The van der Waals surface area contributed by atoms with Gasteiger partial charge in [0.15, 0.2) is 0 Å². The SMILES string of the molecule is Cc1cc(NC(=O)c2cccc(-n3cc(NC(=O)Cc4ccccc4)cn3)c2)ccc1N1CCOCC1. The van der Waals surface area contributed by atoms with Crippen molar-refractivity contribution in [2.24, 2.45) is 0 Å². The van der Waals surface area contributed by atoms with Gasteiger partial charge in [-0.05, 0) is 54.4 Å². The van der Waals surface area contributed by atoms with E-state index in [1.54, 1.807) is 29.2 Å². The molecule has 1 aliphatic rings. The molecule has 0 unspecified atom stereocenters. The van der Waals surface area contributed by atoms with Crippen molar-refractivity contribution < 1.29 is 14.3 Å². The Morgan fingerprint density at radius 3 is 2.51 bits per heavy atom. The quantitative estimate of drug-likeness (QED) is 0.396. The molecule has 37 heavy (non-hydrogen) atoms. The van der Waals surface area contributed by atoms with Crippen LogP contribution < -0.4 is 15.5 Å². The fourth-order valence-electron chi connectivity index (χ4n) is 4.40. The second kappa shape index (κ2) is 11.1. The number of nitrogens with zero attached hydrogens (tertiary/aromatic N) is 3. The van der Waals surface area contributed by atoms with Crippen molar-refractivity contribution in [2.75, 3.05) is 41.8 Å². The standard InChI is InChI=1S/C29H29N5O3/c1-21-16-24(10-11-27(21)33-12-14-37-15-13-33)32-29(36)23-8-5-9-26(18-23)34-20-25(19-30-34)31-28(35)17-22-6-3-2-4-7-22/h2-11,16,18-20H,12-15,17H2,1H3,(H,31,35)(H,32,36). The number of rotatable bonds is 7. The normalized spacial score (nSPS) is 13.3. The minimum absolute atomic E-state index is 0.117. The molecule has 2 N–H and O–H groups in total. The summed E-state index contributed by atoms with van der Waals surface area (Å²) in [4.78, 5) is 27.7. The first-order valence-electron chi connectivity index (χ1n) is 12.3. The fourth-order valence-corrected chi connectivity index (χ4v) is 4.40. The van der Waals surface area contributed by atoms with E-state index in [0.717, 1.165) is 54.5 Å². The van der Waals surface area contributed by atoms with Crippen LogP contribution >= 0.6 is 0 Å². The summed E-state index contributed by atoms with van der Waals surface area (Å²) in [5.74, 6) is -0.322. The van der Waals surface area contributed by atoms with E-state index in [1.807, 2.05) is 60.7 Å². The number of hydrogen-bond acceptors (Lipinski definition) is 5. The maximum atomic E-state index is 13.0. The highest BCUT2D eigenvalue weighted by molar-refractivity contribution is 6.04. The van der Waals surface area contributed by atoms with E-state index >= 15 is 0 Å². The Labute approximate surface area is 215 Å². The first-order chi connectivity index (χ1) is 18.0. The molecule has 0 bridgehead atoms. The molecule has 1 saturated heterocycles. The Bertz CT molecular complexity index is 1390. The Kier molecular flexibility index (Phi) is 7.28. The topological polar surface area (TPSA) is 88.5 Å². The monoisotopic (exact) mass is 495 g/mol. The van der Waals surface area contributed by atoms with Gasteiger partial charge in [0, 0.05) is 30.0 Å². The predicted octanol–water partition coefficient (Wildman–Crippen LogP) is 4.45. The average Bonchev–Trinajstić information content (AvgIpc) is 3.38. The van der Waals surface area contributed by atoms with Gasteiger partial charge in [0.05, 0.1) is 43.4 Å². The van der Waals surface area contributed by atoms with Crippen LogP contribution in [0.5, 0.6) is 0 Å². The van der Waals surface area contributed by atoms with Crippen LogP contribution in [0.2, 0.25) is 0 Å². The summed E-state index contributed by atoms with van der Waals surface area (Å²) in [5, 5.41) is 10.2. The first kappa shape index (κ1) is 24.3. The third kappa shape index (κ3) is 6.05. The smallest absolute Gasteiger partial charge is 0.255 e.